The summed E-state index contributed by atoms with van der Waals surface area (Å²) in [6, 6.07) is -0.621. The van der Waals surface area contributed by atoms with E-state index in [2.05, 4.69) is 38.2 Å². The molecule has 0 rings (SSSR count). The molecule has 0 saturated carbocycles. The molecule has 8 heteroatoms. The molecule has 254 valence electrons. The van der Waals surface area contributed by atoms with Crippen LogP contribution in [-0.2, 0) is 28.6 Å². The lowest BCUT2D eigenvalue weighted by Crippen LogP contribution is -2.50. The molecule has 0 spiro atoms. The second-order valence-corrected chi connectivity index (χ2v) is 12.4. The van der Waals surface area contributed by atoms with Gasteiger partial charge in [0.2, 0.25) is 0 Å². The Balaban J connectivity index is 4.58. The Morgan fingerprint density at radius 3 is 1.80 bits per heavy atom. The Labute approximate surface area is 268 Å². The van der Waals surface area contributed by atoms with Gasteiger partial charge in [-0.3, -0.25) is 9.59 Å². The molecule has 0 bridgehead atoms. The lowest BCUT2D eigenvalue weighted by Gasteiger charge is -2.31. The van der Waals surface area contributed by atoms with Crippen LogP contribution in [0.2, 0.25) is 0 Å². The average Bonchev–Trinajstić information content (AvgIpc) is 2.96. The molecule has 0 aliphatic heterocycles. The predicted molar refractivity (Wildman–Crippen MR) is 178 cm³/mol. The van der Waals surface area contributed by atoms with Crippen LogP contribution < -0.4 is 0 Å². The van der Waals surface area contributed by atoms with Gasteiger partial charge in [0, 0.05) is 12.8 Å². The number of aliphatic carboxylic acids is 1. The zero-order valence-corrected chi connectivity index (χ0v) is 28.6. The molecular weight excluding hydrogens is 558 g/mol. The van der Waals surface area contributed by atoms with Crippen LogP contribution in [0.4, 0.5) is 0 Å². The van der Waals surface area contributed by atoms with E-state index >= 15 is 0 Å². The number of esters is 2. The Morgan fingerprint density at radius 2 is 1.25 bits per heavy atom. The van der Waals surface area contributed by atoms with Crippen LogP contribution in [0.15, 0.2) is 36.5 Å². The molecule has 2 atom stereocenters. The Kier molecular flexibility index (Phi) is 26.5. The predicted octanol–water partition coefficient (Wildman–Crippen LogP) is 7.96. The number of carboxylic acid groups (broad SMARTS) is 1. The van der Waals surface area contributed by atoms with Gasteiger partial charge in [0.1, 0.15) is 6.61 Å². The molecule has 8 nitrogen and oxygen atoms in total. The zero-order chi connectivity index (χ0) is 32.9. The molecule has 0 fully saturated rings. The average molecular weight is 623 g/mol. The summed E-state index contributed by atoms with van der Waals surface area (Å²) in [5.74, 6) is -1.62. The molecule has 0 amide bonds. The van der Waals surface area contributed by atoms with Crippen molar-refractivity contribution in [2.24, 2.45) is 0 Å². The number of carbonyl (C=O) groups is 3. The van der Waals surface area contributed by atoms with E-state index < -0.39 is 24.1 Å². The molecule has 0 aliphatic rings. The lowest BCUT2D eigenvalue weighted by molar-refractivity contribution is -0.887. The number of hydrogen-bond donors (Lipinski definition) is 1. The van der Waals surface area contributed by atoms with Crippen LogP contribution in [0.5, 0.6) is 0 Å². The van der Waals surface area contributed by atoms with Crippen LogP contribution in [0, 0.1) is 0 Å². The number of nitrogens with zero attached hydrogens (tertiary/aromatic N) is 1. The number of carboxylic acids is 1. The molecule has 2 unspecified atom stereocenters. The fourth-order valence-corrected chi connectivity index (χ4v) is 4.68. The molecule has 0 radical (unpaired) electrons. The van der Waals surface area contributed by atoms with Gasteiger partial charge < -0.3 is 23.8 Å². The molecule has 0 aromatic rings. The summed E-state index contributed by atoms with van der Waals surface area (Å²) < 4.78 is 17.0. The van der Waals surface area contributed by atoms with Gasteiger partial charge in [-0.1, -0.05) is 115 Å². The van der Waals surface area contributed by atoms with E-state index in [0.717, 1.165) is 38.5 Å². The van der Waals surface area contributed by atoms with E-state index in [4.69, 9.17) is 14.2 Å². The number of hydrogen-bond acceptors (Lipinski definition) is 6. The van der Waals surface area contributed by atoms with Crippen LogP contribution in [0.1, 0.15) is 123 Å². The number of rotatable bonds is 29. The summed E-state index contributed by atoms with van der Waals surface area (Å²) in [6.45, 7) is 4.47. The number of ether oxygens (including phenoxy) is 3. The number of quaternary nitrogens is 1. The highest BCUT2D eigenvalue weighted by molar-refractivity contribution is 5.72. The first-order chi connectivity index (χ1) is 21.1. The van der Waals surface area contributed by atoms with Crippen molar-refractivity contribution in [2.75, 3.05) is 41.0 Å². The van der Waals surface area contributed by atoms with E-state index in [1.54, 1.807) is 6.08 Å². The van der Waals surface area contributed by atoms with Gasteiger partial charge >= 0.3 is 17.9 Å². The van der Waals surface area contributed by atoms with Crippen LogP contribution in [-0.4, -0.2) is 80.6 Å². The normalized spacial score (nSPS) is 13.6. The summed E-state index contributed by atoms with van der Waals surface area (Å²) in [4.78, 5) is 36.5. The first-order valence-electron chi connectivity index (χ1n) is 17.0. The van der Waals surface area contributed by atoms with E-state index in [9.17, 15) is 19.5 Å². The summed E-state index contributed by atoms with van der Waals surface area (Å²) in [5, 5.41) is 9.54. The Morgan fingerprint density at radius 1 is 0.705 bits per heavy atom. The number of unbranched alkanes of at least 4 members (excludes halogenated alkanes) is 10. The van der Waals surface area contributed by atoms with Crippen molar-refractivity contribution >= 4 is 17.9 Å². The van der Waals surface area contributed by atoms with Gasteiger partial charge in [-0.25, -0.2) is 4.79 Å². The van der Waals surface area contributed by atoms with Crippen molar-refractivity contribution in [3.63, 3.8) is 0 Å². The smallest absolute Gasteiger partial charge is 0.362 e. The molecule has 0 saturated heterocycles. The minimum Gasteiger partial charge on any atom is -0.477 e. The number of carbonyl (C=O) groups excluding carboxylic acids is 2. The Bertz CT molecular complexity index is 829. The van der Waals surface area contributed by atoms with Crippen LogP contribution >= 0.6 is 0 Å². The molecule has 0 aliphatic carbocycles. The summed E-state index contributed by atoms with van der Waals surface area (Å²) >= 11 is 0. The maximum Gasteiger partial charge on any atom is 0.362 e. The van der Waals surface area contributed by atoms with E-state index in [1.165, 1.54) is 51.4 Å². The van der Waals surface area contributed by atoms with Gasteiger partial charge in [-0.15, -0.1) is 0 Å². The SMILES string of the molecule is CC/C=C/C/C=C/C/C=C/CC(=O)OCC(COCCC(C(=O)O)[N+](C)(C)C)OC(=O)CCCCCCCCCCCCC. The monoisotopic (exact) mass is 622 g/mol. The molecule has 1 N–H and O–H groups in total. The van der Waals surface area contributed by atoms with E-state index in [1.807, 2.05) is 27.2 Å². The Hall–Kier alpha value is -2.45. The summed E-state index contributed by atoms with van der Waals surface area (Å²) in [6.07, 6.45) is 28.0. The minimum absolute atomic E-state index is 0.0356. The highest BCUT2D eigenvalue weighted by Gasteiger charge is 2.31. The van der Waals surface area contributed by atoms with Gasteiger partial charge in [0.05, 0.1) is 40.8 Å². The largest absolute Gasteiger partial charge is 0.477 e. The van der Waals surface area contributed by atoms with Gasteiger partial charge in [-0.2, -0.15) is 0 Å². The minimum atomic E-state index is -0.887. The van der Waals surface area contributed by atoms with Gasteiger partial charge in [-0.05, 0) is 25.7 Å². The summed E-state index contributed by atoms with van der Waals surface area (Å²) in [7, 11) is 5.48. The molecule has 0 heterocycles. The molecular formula is C36H64NO7+. The third kappa shape index (κ3) is 26.0. The van der Waals surface area contributed by atoms with Crippen molar-refractivity contribution in [1.82, 2.24) is 0 Å². The number of allylic oxidation sites excluding steroid dienone is 5. The fraction of sp³-hybridized carbons (Fsp3) is 0.750. The fourth-order valence-electron chi connectivity index (χ4n) is 4.68. The van der Waals surface area contributed by atoms with Crippen LogP contribution in [0.25, 0.3) is 0 Å². The second kappa shape index (κ2) is 28.1. The zero-order valence-electron chi connectivity index (χ0n) is 28.6. The van der Waals surface area contributed by atoms with Crippen molar-refractivity contribution in [2.45, 2.75) is 135 Å². The van der Waals surface area contributed by atoms with E-state index in [0.29, 0.717) is 12.8 Å². The van der Waals surface area contributed by atoms with Crippen LogP contribution in [0.3, 0.4) is 0 Å². The number of likely N-dealkylation sites (N-methyl/N-ethyl adjacent to an activating group) is 1. The maximum atomic E-state index is 12.6. The van der Waals surface area contributed by atoms with Crippen molar-refractivity contribution in [3.05, 3.63) is 36.5 Å². The third-order valence-corrected chi connectivity index (χ3v) is 7.34. The molecule has 0 aromatic heterocycles. The summed E-state index contributed by atoms with van der Waals surface area (Å²) in [5.41, 5.74) is 0. The van der Waals surface area contributed by atoms with Crippen molar-refractivity contribution < 1.29 is 38.2 Å². The highest BCUT2D eigenvalue weighted by atomic mass is 16.6. The molecule has 0 aromatic carbocycles. The lowest BCUT2D eigenvalue weighted by atomic mass is 10.1. The second-order valence-electron chi connectivity index (χ2n) is 12.4. The third-order valence-electron chi connectivity index (χ3n) is 7.34. The standard InChI is InChI=1S/C36H63NO7/c1-6-8-10-12-14-16-17-19-21-23-25-27-35(39)44-32(30-42-29-28-33(36(40)41)37(3,4)5)31-43-34(38)26-24-22-20-18-15-13-11-9-7-2/h9,11,15,18,22,24,32-33H,6-8,10,12-14,16-17,19-21,23,25-31H2,1-5H3/p+1/b11-9+,18-15+,24-22+. The molecule has 44 heavy (non-hydrogen) atoms. The van der Waals surface area contributed by atoms with Crippen molar-refractivity contribution in [1.29, 1.82) is 0 Å². The quantitative estimate of drug-likeness (QED) is 0.0391. The highest BCUT2D eigenvalue weighted by Crippen LogP contribution is 2.13. The van der Waals surface area contributed by atoms with E-state index in [-0.39, 0.29) is 36.7 Å². The van der Waals surface area contributed by atoms with Gasteiger partial charge in [0.15, 0.2) is 12.1 Å². The first-order valence-corrected chi connectivity index (χ1v) is 17.0. The van der Waals surface area contributed by atoms with Crippen molar-refractivity contribution in [3.8, 4) is 0 Å². The maximum absolute atomic E-state index is 12.6. The first kappa shape index (κ1) is 41.5. The van der Waals surface area contributed by atoms with Gasteiger partial charge in [0.25, 0.3) is 0 Å². The topological polar surface area (TPSA) is 99.1 Å².